The summed E-state index contributed by atoms with van der Waals surface area (Å²) >= 11 is 0. The SMILES string of the molecule is CC[Si](CC)(CC)CCCOC(CO)C(OCCC[Si](CC)(CC)CC)C(OCCC[Si](CC)(CC)CC)C(CO)OCCC[Si](C)(C)O[Si](C)(C)C. The molecule has 320 valence electrons. The van der Waals surface area contributed by atoms with Crippen LogP contribution in [-0.4, -0.2) is 115 Å². The molecule has 0 fully saturated rings. The Hall–Kier alpha value is 0.804. The van der Waals surface area contributed by atoms with Gasteiger partial charge >= 0.3 is 0 Å². The van der Waals surface area contributed by atoms with Gasteiger partial charge in [-0.2, -0.15) is 0 Å². The number of ether oxygens (including phenoxy) is 4. The molecule has 53 heavy (non-hydrogen) atoms. The molecule has 0 saturated carbocycles. The van der Waals surface area contributed by atoms with Gasteiger partial charge in [0.1, 0.15) is 24.4 Å². The minimum atomic E-state index is -1.82. The van der Waals surface area contributed by atoms with Gasteiger partial charge in [0.2, 0.25) is 0 Å². The first-order valence-corrected chi connectivity index (χ1v) is 37.4. The molecule has 4 unspecified atom stereocenters. The van der Waals surface area contributed by atoms with Gasteiger partial charge in [0, 0.05) is 26.4 Å². The minimum Gasteiger partial charge on any atom is -0.456 e. The third-order valence-electron chi connectivity index (χ3n) is 13.5. The number of aliphatic hydroxyl groups excluding tert-OH is 2. The predicted octanol–water partition coefficient (Wildman–Crippen LogP) is 11.7. The van der Waals surface area contributed by atoms with Gasteiger partial charge in [-0.3, -0.25) is 0 Å². The molecule has 0 aromatic carbocycles. The Morgan fingerprint density at radius 3 is 0.906 bits per heavy atom. The lowest BCUT2D eigenvalue weighted by molar-refractivity contribution is -0.191. The van der Waals surface area contributed by atoms with Gasteiger partial charge in [0.05, 0.1) is 37.4 Å². The quantitative estimate of drug-likeness (QED) is 0.0480. The van der Waals surface area contributed by atoms with Crippen LogP contribution in [-0.2, 0) is 23.1 Å². The van der Waals surface area contributed by atoms with Crippen molar-refractivity contribution in [3.8, 4) is 0 Å². The van der Waals surface area contributed by atoms with Crippen LogP contribution in [0, 0.1) is 0 Å². The van der Waals surface area contributed by atoms with Crippen LogP contribution in [0.1, 0.15) is 88.0 Å². The average molecular weight is 840 g/mol. The zero-order valence-electron chi connectivity index (χ0n) is 38.0. The van der Waals surface area contributed by atoms with E-state index in [1.807, 2.05) is 0 Å². The zero-order chi connectivity index (χ0) is 40.6. The van der Waals surface area contributed by atoms with Gasteiger partial charge in [0.15, 0.2) is 16.6 Å². The molecule has 0 amide bonds. The molecule has 0 heterocycles. The van der Waals surface area contributed by atoms with Gasteiger partial charge in [0.25, 0.3) is 0 Å². The normalized spacial score (nSPS) is 15.8. The van der Waals surface area contributed by atoms with E-state index in [0.717, 1.165) is 31.7 Å². The molecular weight excluding hydrogens is 745 g/mol. The zero-order valence-corrected chi connectivity index (χ0v) is 43.0. The predicted molar refractivity (Wildman–Crippen MR) is 244 cm³/mol. The van der Waals surface area contributed by atoms with Gasteiger partial charge in [-0.15, -0.1) is 0 Å². The Morgan fingerprint density at radius 1 is 0.396 bits per heavy atom. The summed E-state index contributed by atoms with van der Waals surface area (Å²) in [6.45, 7) is 34.7. The summed E-state index contributed by atoms with van der Waals surface area (Å²) in [5, 5.41) is 21.8. The Balaban J connectivity index is 6.36. The molecule has 0 bridgehead atoms. The fourth-order valence-corrected chi connectivity index (χ4v) is 27.2. The second-order valence-corrected chi connectivity index (χ2v) is 43.8. The summed E-state index contributed by atoms with van der Waals surface area (Å²) < 4.78 is 33.4. The van der Waals surface area contributed by atoms with Crippen LogP contribution >= 0.6 is 0 Å². The summed E-state index contributed by atoms with van der Waals surface area (Å²) in [7, 11) is -7.31. The van der Waals surface area contributed by atoms with Crippen molar-refractivity contribution in [1.29, 1.82) is 0 Å². The molecule has 0 aliphatic rings. The lowest BCUT2D eigenvalue weighted by Crippen LogP contribution is -2.52. The molecule has 4 atom stereocenters. The maximum Gasteiger partial charge on any atom is 0.173 e. The summed E-state index contributed by atoms with van der Waals surface area (Å²) in [6.07, 6.45) is 1.70. The molecule has 12 heteroatoms. The molecule has 0 aromatic heterocycles. The highest BCUT2D eigenvalue weighted by atomic mass is 28.4. The van der Waals surface area contributed by atoms with Crippen LogP contribution in [0.25, 0.3) is 0 Å². The number of hydrogen-bond acceptors (Lipinski definition) is 7. The van der Waals surface area contributed by atoms with E-state index in [4.69, 9.17) is 23.1 Å². The highest BCUT2D eigenvalue weighted by Gasteiger charge is 2.39. The third kappa shape index (κ3) is 20.4. The standard InChI is InChI=1S/C41H94O7Si5/c1-15-51(16-2,17-3)33-25-29-45-39(37-43)41(47-31-27-35-53(21-7,22-8)23-9)40(46-30-26-34-52(18-4,19-5)20-6)38(36-42)44-28-24-32-50(13,14)48-49(10,11)12/h38-43H,15-37H2,1-14H3. The van der Waals surface area contributed by atoms with Crippen LogP contribution in [0.3, 0.4) is 0 Å². The summed E-state index contributed by atoms with van der Waals surface area (Å²) in [5.74, 6) is 0. The largest absolute Gasteiger partial charge is 0.456 e. The highest BCUT2D eigenvalue weighted by Crippen LogP contribution is 2.30. The fraction of sp³-hybridized carbons (Fsp3) is 1.00. The molecular formula is C41H94O7Si5. The van der Waals surface area contributed by atoms with Crippen LogP contribution < -0.4 is 0 Å². The summed E-state index contributed by atoms with van der Waals surface area (Å²) in [4.78, 5) is 0. The monoisotopic (exact) mass is 839 g/mol. The Kier molecular flexibility index (Phi) is 28.7. The molecule has 0 aliphatic heterocycles. The smallest absolute Gasteiger partial charge is 0.173 e. The van der Waals surface area contributed by atoms with Crippen LogP contribution in [0.15, 0.2) is 0 Å². The van der Waals surface area contributed by atoms with Gasteiger partial charge in [-0.05, 0) is 64.5 Å². The first-order valence-electron chi connectivity index (χ1n) is 22.4. The van der Waals surface area contributed by atoms with E-state index in [9.17, 15) is 10.2 Å². The molecule has 0 aromatic rings. The number of aliphatic hydroxyl groups is 2. The van der Waals surface area contributed by atoms with E-state index < -0.39 is 65.3 Å². The van der Waals surface area contributed by atoms with Gasteiger partial charge in [-0.1, -0.05) is 135 Å². The van der Waals surface area contributed by atoms with Crippen molar-refractivity contribution in [2.45, 2.75) is 224 Å². The minimum absolute atomic E-state index is 0.149. The third-order valence-corrected chi connectivity index (χ3v) is 37.5. The summed E-state index contributed by atoms with van der Waals surface area (Å²) in [6, 6.07) is 16.5. The maximum absolute atomic E-state index is 10.9. The van der Waals surface area contributed by atoms with Gasteiger partial charge < -0.3 is 33.3 Å². The molecule has 0 rings (SSSR count). The topological polar surface area (TPSA) is 86.6 Å². The maximum atomic E-state index is 10.9. The van der Waals surface area contributed by atoms with E-state index in [1.165, 1.54) is 72.5 Å². The number of rotatable bonds is 36. The van der Waals surface area contributed by atoms with E-state index in [0.29, 0.717) is 26.4 Å². The molecule has 0 spiro atoms. The summed E-state index contributed by atoms with van der Waals surface area (Å²) in [5.41, 5.74) is 0. The number of hydrogen-bond donors (Lipinski definition) is 2. The Morgan fingerprint density at radius 2 is 0.660 bits per heavy atom. The van der Waals surface area contributed by atoms with Gasteiger partial charge in [-0.25, -0.2) is 0 Å². The van der Waals surface area contributed by atoms with E-state index in [-0.39, 0.29) is 13.2 Å². The Labute approximate surface area is 336 Å². The molecule has 0 saturated heterocycles. The first-order chi connectivity index (χ1) is 25.0. The van der Waals surface area contributed by atoms with Crippen molar-refractivity contribution in [2.75, 3.05) is 39.6 Å². The van der Waals surface area contributed by atoms with E-state index in [2.05, 4.69) is 95.0 Å². The lowest BCUT2D eigenvalue weighted by atomic mass is 10.0. The Bertz CT molecular complexity index is 854. The van der Waals surface area contributed by atoms with Crippen LogP contribution in [0.5, 0.6) is 0 Å². The fourth-order valence-electron chi connectivity index (χ4n) is 8.80. The molecule has 2 N–H and O–H groups in total. The highest BCUT2D eigenvalue weighted by molar-refractivity contribution is 6.84. The van der Waals surface area contributed by atoms with Crippen molar-refractivity contribution >= 4 is 40.9 Å². The second kappa shape index (κ2) is 28.3. The van der Waals surface area contributed by atoms with Crippen molar-refractivity contribution < 1.29 is 33.3 Å². The van der Waals surface area contributed by atoms with Crippen molar-refractivity contribution in [3.63, 3.8) is 0 Å². The van der Waals surface area contributed by atoms with Crippen molar-refractivity contribution in [3.05, 3.63) is 0 Å². The average Bonchev–Trinajstić information content (AvgIpc) is 3.14. The van der Waals surface area contributed by atoms with E-state index in [1.54, 1.807) is 0 Å². The van der Waals surface area contributed by atoms with Crippen molar-refractivity contribution in [2.24, 2.45) is 0 Å². The lowest BCUT2D eigenvalue weighted by Gasteiger charge is -2.37. The van der Waals surface area contributed by atoms with Crippen LogP contribution in [0.4, 0.5) is 0 Å². The first kappa shape index (κ1) is 53.8. The molecule has 0 radical (unpaired) electrons. The second-order valence-electron chi connectivity index (χ2n) is 17.9. The van der Waals surface area contributed by atoms with Crippen LogP contribution in [0.2, 0.25) is 111 Å². The molecule has 7 nitrogen and oxygen atoms in total. The van der Waals surface area contributed by atoms with Crippen molar-refractivity contribution in [1.82, 2.24) is 0 Å². The molecule has 0 aliphatic carbocycles. The van der Waals surface area contributed by atoms with E-state index >= 15 is 0 Å².